The Hall–Kier alpha value is -2.38. The third-order valence-electron chi connectivity index (χ3n) is 4.04. The van der Waals surface area contributed by atoms with E-state index in [1.807, 2.05) is 18.2 Å². The minimum absolute atomic E-state index is 0.117. The maximum absolute atomic E-state index is 12.2. The molecule has 3 rings (SSSR count). The van der Waals surface area contributed by atoms with Gasteiger partial charge in [0.05, 0.1) is 12.1 Å². The van der Waals surface area contributed by atoms with Gasteiger partial charge in [0.1, 0.15) is 5.00 Å². The topological polar surface area (TPSA) is 78.7 Å². The standard InChI is InChI=1S/C17H20N4O2S/c18-16(23)14-6-11-24-17(14)19-15(22)12-20-7-9-21(10-8-20)13-4-2-1-3-5-13/h1-6,11H,7-10,12H2,(H2,18,23)(H,19,22). The van der Waals surface area contributed by atoms with Crippen molar-refractivity contribution in [3.05, 3.63) is 47.3 Å². The molecule has 2 amide bonds. The molecule has 24 heavy (non-hydrogen) atoms. The Balaban J connectivity index is 1.50. The van der Waals surface area contributed by atoms with Crippen molar-refractivity contribution in [3.63, 3.8) is 0 Å². The lowest BCUT2D eigenvalue weighted by atomic mass is 10.2. The number of thiophene rings is 1. The summed E-state index contributed by atoms with van der Waals surface area (Å²) in [6.07, 6.45) is 0. The van der Waals surface area contributed by atoms with E-state index in [9.17, 15) is 9.59 Å². The Bertz CT molecular complexity index is 708. The number of carbonyl (C=O) groups excluding carboxylic acids is 2. The molecule has 1 saturated heterocycles. The number of nitrogens with two attached hydrogens (primary N) is 1. The molecule has 0 bridgehead atoms. The molecule has 1 fully saturated rings. The first-order valence-electron chi connectivity index (χ1n) is 7.83. The highest BCUT2D eigenvalue weighted by Crippen LogP contribution is 2.22. The lowest BCUT2D eigenvalue weighted by molar-refractivity contribution is -0.117. The van der Waals surface area contributed by atoms with Crippen LogP contribution in [0, 0.1) is 0 Å². The van der Waals surface area contributed by atoms with Gasteiger partial charge in [0.15, 0.2) is 0 Å². The van der Waals surface area contributed by atoms with Crippen LogP contribution in [0.2, 0.25) is 0 Å². The Morgan fingerprint density at radius 1 is 1.08 bits per heavy atom. The van der Waals surface area contributed by atoms with Crippen LogP contribution in [0.15, 0.2) is 41.8 Å². The molecule has 1 aromatic heterocycles. The molecule has 1 aliphatic heterocycles. The maximum Gasteiger partial charge on any atom is 0.251 e. The van der Waals surface area contributed by atoms with Crippen molar-refractivity contribution in [2.45, 2.75) is 0 Å². The normalized spacial score (nSPS) is 15.2. The molecule has 0 aliphatic carbocycles. The summed E-state index contributed by atoms with van der Waals surface area (Å²) in [6.45, 7) is 3.76. The fourth-order valence-corrected chi connectivity index (χ4v) is 3.58. The first-order valence-corrected chi connectivity index (χ1v) is 8.71. The van der Waals surface area contributed by atoms with E-state index in [2.05, 4.69) is 27.2 Å². The Morgan fingerprint density at radius 3 is 2.46 bits per heavy atom. The summed E-state index contributed by atoms with van der Waals surface area (Å²) in [7, 11) is 0. The van der Waals surface area contributed by atoms with Gasteiger partial charge < -0.3 is 16.0 Å². The first-order chi connectivity index (χ1) is 11.6. The smallest absolute Gasteiger partial charge is 0.251 e. The molecular weight excluding hydrogens is 324 g/mol. The van der Waals surface area contributed by atoms with E-state index in [1.54, 1.807) is 11.4 Å². The predicted molar refractivity (Wildman–Crippen MR) is 96.6 cm³/mol. The molecule has 1 aliphatic rings. The van der Waals surface area contributed by atoms with Crippen LogP contribution < -0.4 is 16.0 Å². The van der Waals surface area contributed by atoms with Crippen LogP contribution in [0.25, 0.3) is 0 Å². The molecule has 6 nitrogen and oxygen atoms in total. The number of hydrogen-bond donors (Lipinski definition) is 2. The molecule has 1 aromatic carbocycles. The Morgan fingerprint density at radius 2 is 1.79 bits per heavy atom. The highest BCUT2D eigenvalue weighted by Gasteiger charge is 2.20. The molecule has 0 radical (unpaired) electrons. The first kappa shape index (κ1) is 16.5. The van der Waals surface area contributed by atoms with E-state index in [0.29, 0.717) is 17.1 Å². The van der Waals surface area contributed by atoms with Crippen molar-refractivity contribution in [1.82, 2.24) is 4.90 Å². The van der Waals surface area contributed by atoms with Crippen molar-refractivity contribution in [3.8, 4) is 0 Å². The number of para-hydroxylation sites is 1. The summed E-state index contributed by atoms with van der Waals surface area (Å²) in [5.74, 6) is -0.642. The molecule has 7 heteroatoms. The summed E-state index contributed by atoms with van der Waals surface area (Å²) < 4.78 is 0. The summed E-state index contributed by atoms with van der Waals surface area (Å²) >= 11 is 1.31. The molecule has 0 saturated carbocycles. The summed E-state index contributed by atoms with van der Waals surface area (Å²) in [4.78, 5) is 27.9. The number of piperazine rings is 1. The number of nitrogens with one attached hydrogen (secondary N) is 1. The van der Waals surface area contributed by atoms with Crippen LogP contribution in [0.1, 0.15) is 10.4 Å². The van der Waals surface area contributed by atoms with Crippen molar-refractivity contribution < 1.29 is 9.59 Å². The number of anilines is 2. The van der Waals surface area contributed by atoms with Gasteiger partial charge in [0.25, 0.3) is 5.91 Å². The van der Waals surface area contributed by atoms with E-state index < -0.39 is 5.91 Å². The quantitative estimate of drug-likeness (QED) is 0.864. The van der Waals surface area contributed by atoms with Gasteiger partial charge in [-0.05, 0) is 23.6 Å². The zero-order valence-electron chi connectivity index (χ0n) is 13.3. The van der Waals surface area contributed by atoms with Crippen LogP contribution in [-0.2, 0) is 4.79 Å². The number of nitrogens with zero attached hydrogens (tertiary/aromatic N) is 2. The second-order valence-electron chi connectivity index (χ2n) is 5.67. The van der Waals surface area contributed by atoms with Gasteiger partial charge in [0.2, 0.25) is 5.91 Å². The highest BCUT2D eigenvalue weighted by atomic mass is 32.1. The van der Waals surface area contributed by atoms with Gasteiger partial charge in [-0.15, -0.1) is 11.3 Å². The monoisotopic (exact) mass is 344 g/mol. The van der Waals surface area contributed by atoms with Crippen molar-refractivity contribution in [2.24, 2.45) is 5.73 Å². The van der Waals surface area contributed by atoms with Gasteiger partial charge in [0, 0.05) is 31.9 Å². The Labute approximate surface area is 144 Å². The van der Waals surface area contributed by atoms with E-state index >= 15 is 0 Å². The van der Waals surface area contributed by atoms with Gasteiger partial charge in [-0.1, -0.05) is 18.2 Å². The molecule has 3 N–H and O–H groups in total. The number of primary amides is 1. The fourth-order valence-electron chi connectivity index (χ4n) is 2.77. The zero-order chi connectivity index (χ0) is 16.9. The SMILES string of the molecule is NC(=O)c1ccsc1NC(=O)CN1CCN(c2ccccc2)CC1. The molecule has 2 heterocycles. The lowest BCUT2D eigenvalue weighted by Crippen LogP contribution is -2.48. The second kappa shape index (κ2) is 7.46. The zero-order valence-corrected chi connectivity index (χ0v) is 14.1. The number of hydrogen-bond acceptors (Lipinski definition) is 5. The third-order valence-corrected chi connectivity index (χ3v) is 4.87. The maximum atomic E-state index is 12.2. The fraction of sp³-hybridized carbons (Fsp3) is 0.294. The highest BCUT2D eigenvalue weighted by molar-refractivity contribution is 7.14. The number of carbonyl (C=O) groups is 2. The van der Waals surface area contributed by atoms with Gasteiger partial charge >= 0.3 is 0 Å². The molecule has 0 unspecified atom stereocenters. The molecule has 0 spiro atoms. The molecule has 126 valence electrons. The second-order valence-corrected chi connectivity index (χ2v) is 6.59. The summed E-state index contributed by atoms with van der Waals surface area (Å²) in [5, 5.41) is 5.05. The van der Waals surface area contributed by atoms with E-state index in [1.165, 1.54) is 17.0 Å². The van der Waals surface area contributed by atoms with E-state index in [4.69, 9.17) is 5.73 Å². The average molecular weight is 344 g/mol. The largest absolute Gasteiger partial charge is 0.369 e. The summed E-state index contributed by atoms with van der Waals surface area (Å²) in [5.41, 5.74) is 6.87. The molecule has 0 atom stereocenters. The van der Waals surface area contributed by atoms with E-state index in [0.717, 1.165) is 26.2 Å². The minimum Gasteiger partial charge on any atom is -0.369 e. The van der Waals surface area contributed by atoms with Crippen LogP contribution in [0.5, 0.6) is 0 Å². The lowest BCUT2D eigenvalue weighted by Gasteiger charge is -2.35. The Kier molecular flexibility index (Phi) is 5.12. The van der Waals surface area contributed by atoms with Gasteiger partial charge in [-0.3, -0.25) is 14.5 Å². The van der Waals surface area contributed by atoms with Crippen molar-refractivity contribution in [1.29, 1.82) is 0 Å². The number of benzene rings is 1. The summed E-state index contributed by atoms with van der Waals surface area (Å²) in [6, 6.07) is 11.9. The average Bonchev–Trinajstić information content (AvgIpc) is 3.04. The molecule has 2 aromatic rings. The van der Waals surface area contributed by atoms with Crippen LogP contribution in [0.3, 0.4) is 0 Å². The number of rotatable bonds is 5. The number of amides is 2. The van der Waals surface area contributed by atoms with Crippen molar-refractivity contribution in [2.75, 3.05) is 42.9 Å². The van der Waals surface area contributed by atoms with E-state index in [-0.39, 0.29) is 5.91 Å². The van der Waals surface area contributed by atoms with Crippen LogP contribution in [0.4, 0.5) is 10.7 Å². The minimum atomic E-state index is -0.525. The van der Waals surface area contributed by atoms with Crippen LogP contribution in [-0.4, -0.2) is 49.4 Å². The van der Waals surface area contributed by atoms with Gasteiger partial charge in [-0.25, -0.2) is 0 Å². The molecular formula is C17H20N4O2S. The van der Waals surface area contributed by atoms with Gasteiger partial charge in [-0.2, -0.15) is 0 Å². The van der Waals surface area contributed by atoms with Crippen LogP contribution >= 0.6 is 11.3 Å². The third kappa shape index (κ3) is 3.93. The predicted octanol–water partition coefficient (Wildman–Crippen LogP) is 1.61. The van der Waals surface area contributed by atoms with Crippen molar-refractivity contribution >= 4 is 33.8 Å².